The second-order valence-corrected chi connectivity index (χ2v) is 6.63. The van der Waals surface area contributed by atoms with Gasteiger partial charge in [0.1, 0.15) is 5.75 Å². The third-order valence-corrected chi connectivity index (χ3v) is 4.29. The first-order valence-corrected chi connectivity index (χ1v) is 8.21. The van der Waals surface area contributed by atoms with E-state index >= 15 is 0 Å². The Hall–Kier alpha value is -1.06. The smallest absolute Gasteiger partial charge is 0.119 e. The van der Waals surface area contributed by atoms with Crippen LogP contribution < -0.4 is 10.1 Å². The van der Waals surface area contributed by atoms with Crippen LogP contribution in [0.5, 0.6) is 5.75 Å². The van der Waals surface area contributed by atoms with Gasteiger partial charge in [0.2, 0.25) is 0 Å². The van der Waals surface area contributed by atoms with E-state index in [1.54, 1.807) is 7.11 Å². The van der Waals surface area contributed by atoms with Crippen LogP contribution in [-0.2, 0) is 0 Å². The van der Waals surface area contributed by atoms with Gasteiger partial charge in [-0.2, -0.15) is 0 Å². The normalized spacial score (nSPS) is 18.9. The van der Waals surface area contributed by atoms with Crippen LogP contribution in [0, 0.1) is 5.92 Å². The van der Waals surface area contributed by atoms with E-state index in [2.05, 4.69) is 49.2 Å². The van der Waals surface area contributed by atoms with Crippen LogP contribution in [-0.4, -0.2) is 37.7 Å². The first kappa shape index (κ1) is 16.3. The Morgan fingerprint density at radius 3 is 2.57 bits per heavy atom. The summed E-state index contributed by atoms with van der Waals surface area (Å²) in [6.07, 6.45) is 2.50. The van der Waals surface area contributed by atoms with Crippen LogP contribution in [0.2, 0.25) is 0 Å². The first-order chi connectivity index (χ1) is 10.1. The number of hydrogen-bond donors (Lipinski definition) is 1. The maximum absolute atomic E-state index is 5.31. The number of hydrogen-bond acceptors (Lipinski definition) is 3. The van der Waals surface area contributed by atoms with E-state index in [9.17, 15) is 0 Å². The molecule has 0 radical (unpaired) electrons. The molecule has 1 aromatic rings. The molecule has 3 heteroatoms. The second kappa shape index (κ2) is 7.81. The number of benzene rings is 1. The van der Waals surface area contributed by atoms with Gasteiger partial charge in [0.05, 0.1) is 7.11 Å². The van der Waals surface area contributed by atoms with Crippen LogP contribution in [0.4, 0.5) is 0 Å². The molecule has 1 heterocycles. The van der Waals surface area contributed by atoms with Crippen molar-refractivity contribution in [3.8, 4) is 5.75 Å². The molecule has 3 nitrogen and oxygen atoms in total. The number of methoxy groups -OCH3 is 1. The summed E-state index contributed by atoms with van der Waals surface area (Å²) in [5, 5.41) is 3.78. The molecule has 0 aromatic heterocycles. The van der Waals surface area contributed by atoms with Gasteiger partial charge in [-0.05, 0) is 56.5 Å². The standard InChI is InChI=1S/C18H30N2O/c1-14(2)13-20-10-8-17(9-11-20)19-15(3)16-6-5-7-18(12-16)21-4/h5-7,12,14-15,17,19H,8-11,13H2,1-4H3/t15-/m1/s1. The molecule has 0 aliphatic carbocycles. The summed E-state index contributed by atoms with van der Waals surface area (Å²) < 4.78 is 5.31. The summed E-state index contributed by atoms with van der Waals surface area (Å²) in [6.45, 7) is 10.5. The molecule has 1 N–H and O–H groups in total. The summed E-state index contributed by atoms with van der Waals surface area (Å²) in [6, 6.07) is 9.38. The topological polar surface area (TPSA) is 24.5 Å². The fourth-order valence-electron chi connectivity index (χ4n) is 3.16. The quantitative estimate of drug-likeness (QED) is 0.868. The van der Waals surface area contributed by atoms with E-state index in [-0.39, 0.29) is 0 Å². The van der Waals surface area contributed by atoms with Gasteiger partial charge in [0.15, 0.2) is 0 Å². The van der Waals surface area contributed by atoms with E-state index < -0.39 is 0 Å². The first-order valence-electron chi connectivity index (χ1n) is 8.21. The van der Waals surface area contributed by atoms with Crippen LogP contribution in [0.3, 0.4) is 0 Å². The zero-order chi connectivity index (χ0) is 15.2. The molecular weight excluding hydrogens is 260 g/mol. The Morgan fingerprint density at radius 2 is 1.95 bits per heavy atom. The summed E-state index contributed by atoms with van der Waals surface area (Å²) in [5.41, 5.74) is 1.30. The van der Waals surface area contributed by atoms with Gasteiger partial charge in [-0.15, -0.1) is 0 Å². The van der Waals surface area contributed by atoms with Gasteiger partial charge < -0.3 is 15.0 Å². The molecule has 1 aromatic carbocycles. The number of piperidine rings is 1. The molecule has 118 valence electrons. The molecule has 0 saturated carbocycles. The van der Waals surface area contributed by atoms with Crippen molar-refractivity contribution in [1.82, 2.24) is 10.2 Å². The number of nitrogens with one attached hydrogen (secondary N) is 1. The van der Waals surface area contributed by atoms with Crippen LogP contribution in [0.25, 0.3) is 0 Å². The molecule has 1 aliphatic heterocycles. The maximum atomic E-state index is 5.31. The van der Waals surface area contributed by atoms with Crippen molar-refractivity contribution < 1.29 is 4.74 Å². The highest BCUT2D eigenvalue weighted by molar-refractivity contribution is 5.30. The molecule has 0 spiro atoms. The number of nitrogens with zero attached hydrogens (tertiary/aromatic N) is 1. The van der Waals surface area contributed by atoms with Crippen LogP contribution in [0.1, 0.15) is 45.2 Å². The average Bonchev–Trinajstić information content (AvgIpc) is 2.49. The van der Waals surface area contributed by atoms with Crippen molar-refractivity contribution in [2.45, 2.75) is 45.7 Å². The lowest BCUT2D eigenvalue weighted by atomic mass is 10.0. The maximum Gasteiger partial charge on any atom is 0.119 e. The third-order valence-electron chi connectivity index (χ3n) is 4.29. The van der Waals surface area contributed by atoms with Gasteiger partial charge >= 0.3 is 0 Å². The molecule has 1 saturated heterocycles. The minimum Gasteiger partial charge on any atom is -0.497 e. The Labute approximate surface area is 129 Å². The van der Waals surface area contributed by atoms with Gasteiger partial charge in [-0.3, -0.25) is 0 Å². The summed E-state index contributed by atoms with van der Waals surface area (Å²) >= 11 is 0. The van der Waals surface area contributed by atoms with Crippen molar-refractivity contribution in [3.63, 3.8) is 0 Å². The highest BCUT2D eigenvalue weighted by Crippen LogP contribution is 2.21. The van der Waals surface area contributed by atoms with E-state index in [1.807, 2.05) is 6.07 Å². The van der Waals surface area contributed by atoms with Gasteiger partial charge in [0, 0.05) is 18.6 Å². The van der Waals surface area contributed by atoms with E-state index in [0.29, 0.717) is 12.1 Å². The number of rotatable bonds is 6. The lowest BCUT2D eigenvalue weighted by Crippen LogP contribution is -2.44. The zero-order valence-electron chi connectivity index (χ0n) is 13.9. The molecule has 0 unspecified atom stereocenters. The second-order valence-electron chi connectivity index (χ2n) is 6.63. The molecule has 1 atom stereocenters. The lowest BCUT2D eigenvalue weighted by molar-refractivity contribution is 0.175. The minimum absolute atomic E-state index is 0.377. The van der Waals surface area contributed by atoms with Crippen molar-refractivity contribution >= 4 is 0 Å². The van der Waals surface area contributed by atoms with Crippen molar-refractivity contribution in [2.24, 2.45) is 5.92 Å². The zero-order valence-corrected chi connectivity index (χ0v) is 13.9. The monoisotopic (exact) mass is 290 g/mol. The molecule has 21 heavy (non-hydrogen) atoms. The molecule has 1 fully saturated rings. The van der Waals surface area contributed by atoms with Gasteiger partial charge in [-0.25, -0.2) is 0 Å². The molecule has 0 amide bonds. The summed E-state index contributed by atoms with van der Waals surface area (Å²) in [7, 11) is 1.72. The minimum atomic E-state index is 0.377. The van der Waals surface area contributed by atoms with Crippen LogP contribution in [0.15, 0.2) is 24.3 Å². The predicted molar refractivity (Wildman–Crippen MR) is 88.8 cm³/mol. The summed E-state index contributed by atoms with van der Waals surface area (Å²) in [5.74, 6) is 1.71. The molecule has 1 aliphatic rings. The van der Waals surface area contributed by atoms with Crippen molar-refractivity contribution in [2.75, 3.05) is 26.7 Å². The number of likely N-dealkylation sites (tertiary alicyclic amines) is 1. The van der Waals surface area contributed by atoms with Gasteiger partial charge in [0.25, 0.3) is 0 Å². The fraction of sp³-hybridized carbons (Fsp3) is 0.667. The van der Waals surface area contributed by atoms with Crippen molar-refractivity contribution in [1.29, 1.82) is 0 Å². The Balaban J connectivity index is 1.82. The summed E-state index contributed by atoms with van der Waals surface area (Å²) in [4.78, 5) is 2.60. The SMILES string of the molecule is COc1cccc([C@@H](C)NC2CCN(CC(C)C)CC2)c1. The highest BCUT2D eigenvalue weighted by atomic mass is 16.5. The van der Waals surface area contributed by atoms with Crippen molar-refractivity contribution in [3.05, 3.63) is 29.8 Å². The Morgan fingerprint density at radius 1 is 1.24 bits per heavy atom. The third kappa shape index (κ3) is 5.01. The largest absolute Gasteiger partial charge is 0.497 e. The average molecular weight is 290 g/mol. The Kier molecular flexibility index (Phi) is 6.07. The fourth-order valence-corrected chi connectivity index (χ4v) is 3.16. The number of ether oxygens (including phenoxy) is 1. The Bertz CT molecular complexity index is 425. The molecular formula is C18H30N2O. The highest BCUT2D eigenvalue weighted by Gasteiger charge is 2.21. The molecule has 0 bridgehead atoms. The van der Waals surface area contributed by atoms with Gasteiger partial charge in [-0.1, -0.05) is 26.0 Å². The van der Waals surface area contributed by atoms with E-state index in [1.165, 1.54) is 38.0 Å². The van der Waals surface area contributed by atoms with E-state index in [4.69, 9.17) is 4.74 Å². The van der Waals surface area contributed by atoms with Crippen LogP contribution >= 0.6 is 0 Å². The molecule has 2 rings (SSSR count). The lowest BCUT2D eigenvalue weighted by Gasteiger charge is -2.34. The van der Waals surface area contributed by atoms with E-state index in [0.717, 1.165) is 11.7 Å². The predicted octanol–water partition coefficient (Wildman–Crippen LogP) is 3.47.